The lowest BCUT2D eigenvalue weighted by molar-refractivity contribution is -0.132. The van der Waals surface area contributed by atoms with E-state index in [1.165, 1.54) is 18.3 Å². The van der Waals surface area contributed by atoms with Gasteiger partial charge in [-0.05, 0) is 25.0 Å². The van der Waals surface area contributed by atoms with Crippen LogP contribution in [0.5, 0.6) is 0 Å². The summed E-state index contributed by atoms with van der Waals surface area (Å²) in [6, 6.07) is 5.60. The third-order valence-electron chi connectivity index (χ3n) is 7.38. The molecular formula is C31H39F2N9O5. The molecule has 2 heterocycles. The van der Waals surface area contributed by atoms with Crippen molar-refractivity contribution in [3.8, 4) is 6.07 Å². The number of nitrogens with zero attached hydrogens (tertiary/aromatic N) is 5. The Balaban J connectivity index is 1.64. The molecule has 0 aliphatic carbocycles. The lowest BCUT2D eigenvalue weighted by Gasteiger charge is -2.19. The van der Waals surface area contributed by atoms with Crippen molar-refractivity contribution in [3.63, 3.8) is 0 Å². The molecule has 3 rings (SSSR count). The van der Waals surface area contributed by atoms with Crippen LogP contribution in [0.15, 0.2) is 35.5 Å². The van der Waals surface area contributed by atoms with Crippen molar-refractivity contribution in [2.75, 3.05) is 39.0 Å². The highest BCUT2D eigenvalue weighted by Crippen LogP contribution is 2.31. The largest absolute Gasteiger partial charge is 0.370 e. The van der Waals surface area contributed by atoms with Crippen molar-refractivity contribution in [1.82, 2.24) is 25.4 Å². The highest BCUT2D eigenvalue weighted by atomic mass is 19.3. The van der Waals surface area contributed by atoms with Gasteiger partial charge in [0.1, 0.15) is 12.5 Å². The van der Waals surface area contributed by atoms with Gasteiger partial charge in [0.05, 0.1) is 42.0 Å². The molecule has 1 aliphatic heterocycles. The third kappa shape index (κ3) is 9.89. The molecule has 0 bridgehead atoms. The summed E-state index contributed by atoms with van der Waals surface area (Å²) in [5, 5.41) is 17.1. The summed E-state index contributed by atoms with van der Waals surface area (Å²) in [7, 11) is 3.50. The number of nitrogens with two attached hydrogens (primary N) is 1. The molecule has 4 amide bonds. The highest BCUT2D eigenvalue weighted by Gasteiger charge is 2.47. The normalized spacial score (nSPS) is 16.3. The molecule has 14 nitrogen and oxygen atoms in total. The summed E-state index contributed by atoms with van der Waals surface area (Å²) in [6.07, 6.45) is 0.734. The summed E-state index contributed by atoms with van der Waals surface area (Å²) in [5.74, 6) is -6.27. The van der Waals surface area contributed by atoms with E-state index in [1.807, 2.05) is 0 Å². The summed E-state index contributed by atoms with van der Waals surface area (Å²) in [4.78, 5) is 74.7. The van der Waals surface area contributed by atoms with Gasteiger partial charge in [-0.15, -0.1) is 0 Å². The Morgan fingerprint density at radius 2 is 1.91 bits per heavy atom. The molecule has 2 aromatic rings. The van der Waals surface area contributed by atoms with Gasteiger partial charge in [0.2, 0.25) is 17.7 Å². The fourth-order valence-electron chi connectivity index (χ4n) is 4.93. The molecule has 5 N–H and O–H groups in total. The van der Waals surface area contributed by atoms with Gasteiger partial charge < -0.3 is 31.5 Å². The molecule has 252 valence electrons. The number of amides is 4. The lowest BCUT2D eigenvalue weighted by atomic mass is 9.97. The van der Waals surface area contributed by atoms with Crippen molar-refractivity contribution in [3.05, 3.63) is 36.0 Å². The number of halogens is 2. The third-order valence-corrected chi connectivity index (χ3v) is 7.38. The second-order valence-corrected chi connectivity index (χ2v) is 11.6. The molecule has 1 aliphatic rings. The number of pyridine rings is 1. The maximum Gasteiger partial charge on any atom is 0.268 e. The van der Waals surface area contributed by atoms with Crippen LogP contribution < -0.4 is 21.7 Å². The zero-order chi connectivity index (χ0) is 34.9. The average Bonchev–Trinajstić information content (AvgIpc) is 3.34. The molecule has 1 unspecified atom stereocenters. The van der Waals surface area contributed by atoms with Gasteiger partial charge >= 0.3 is 0 Å². The Labute approximate surface area is 270 Å². The van der Waals surface area contributed by atoms with E-state index in [2.05, 4.69) is 25.9 Å². The van der Waals surface area contributed by atoms with Gasteiger partial charge in [-0.3, -0.25) is 33.9 Å². The monoisotopic (exact) mass is 655 g/mol. The van der Waals surface area contributed by atoms with E-state index in [9.17, 15) is 32.8 Å². The molecular weight excluding hydrogens is 616 g/mol. The number of carbonyl (C=O) groups excluding carboxylic acids is 5. The van der Waals surface area contributed by atoms with Crippen molar-refractivity contribution in [2.45, 2.75) is 57.5 Å². The van der Waals surface area contributed by atoms with Crippen LogP contribution in [-0.2, 0) is 19.2 Å². The van der Waals surface area contributed by atoms with Gasteiger partial charge in [0.25, 0.3) is 11.8 Å². The van der Waals surface area contributed by atoms with E-state index < -0.39 is 67.6 Å². The van der Waals surface area contributed by atoms with E-state index in [4.69, 9.17) is 11.0 Å². The first-order chi connectivity index (χ1) is 22.1. The summed E-state index contributed by atoms with van der Waals surface area (Å²) >= 11 is 0. The van der Waals surface area contributed by atoms with Gasteiger partial charge in [-0.25, -0.2) is 8.78 Å². The van der Waals surface area contributed by atoms with Crippen LogP contribution >= 0.6 is 0 Å². The first-order valence-electron chi connectivity index (χ1n) is 15.0. The predicted octanol–water partition coefficient (Wildman–Crippen LogP) is 1.42. The number of alkyl halides is 2. The van der Waals surface area contributed by atoms with E-state index >= 15 is 0 Å². The number of ketones is 1. The predicted molar refractivity (Wildman–Crippen MR) is 169 cm³/mol. The van der Waals surface area contributed by atoms with Gasteiger partial charge in [0, 0.05) is 44.6 Å². The van der Waals surface area contributed by atoms with Crippen LogP contribution in [0.25, 0.3) is 10.9 Å². The second kappa shape index (κ2) is 15.9. The fourth-order valence-corrected chi connectivity index (χ4v) is 4.93. The number of nitriles is 1. The number of guanidine groups is 1. The number of aliphatic imine (C=N–C) groups is 1. The zero-order valence-electron chi connectivity index (χ0n) is 26.7. The van der Waals surface area contributed by atoms with Crippen LogP contribution in [0, 0.1) is 17.2 Å². The Morgan fingerprint density at radius 1 is 1.19 bits per heavy atom. The van der Waals surface area contributed by atoms with Crippen LogP contribution in [0.4, 0.5) is 14.5 Å². The molecule has 0 spiro atoms. The van der Waals surface area contributed by atoms with Crippen LogP contribution in [-0.4, -0.2) is 102 Å². The first-order valence-corrected chi connectivity index (χ1v) is 15.0. The van der Waals surface area contributed by atoms with Crippen molar-refractivity contribution in [2.24, 2.45) is 16.6 Å². The van der Waals surface area contributed by atoms with Crippen LogP contribution in [0.1, 0.15) is 49.9 Å². The number of nitrogens with one attached hydrogen (secondary N) is 3. The minimum Gasteiger partial charge on any atom is -0.370 e. The number of aromatic nitrogens is 1. The number of benzene rings is 1. The molecule has 1 saturated heterocycles. The molecule has 1 fully saturated rings. The zero-order valence-corrected chi connectivity index (χ0v) is 26.7. The van der Waals surface area contributed by atoms with Crippen molar-refractivity contribution < 1.29 is 32.8 Å². The smallest absolute Gasteiger partial charge is 0.268 e. The van der Waals surface area contributed by atoms with Gasteiger partial charge in [0.15, 0.2) is 11.7 Å². The quantitative estimate of drug-likeness (QED) is 0.107. The average molecular weight is 656 g/mol. The first kappa shape index (κ1) is 36.3. The minimum atomic E-state index is -3.19. The Morgan fingerprint density at radius 3 is 2.57 bits per heavy atom. The SMILES string of the molecule is CC(C)C(=O)[C@H](CCCN=C(N)N(C)C)NC(=O)CC(=O)Nc1cccc2c(C(=O)NCC(=O)N3CC(F)(F)CC3C#N)ccnc12. The van der Waals surface area contributed by atoms with Crippen LogP contribution in [0.3, 0.4) is 0 Å². The molecule has 0 saturated carbocycles. The van der Waals surface area contributed by atoms with E-state index in [-0.39, 0.29) is 28.5 Å². The van der Waals surface area contributed by atoms with Crippen molar-refractivity contribution >= 4 is 52.0 Å². The number of para-hydroxylation sites is 1. The second-order valence-electron chi connectivity index (χ2n) is 11.6. The van der Waals surface area contributed by atoms with Crippen LogP contribution in [0.2, 0.25) is 0 Å². The van der Waals surface area contributed by atoms with Gasteiger partial charge in [-0.1, -0.05) is 26.0 Å². The summed E-state index contributed by atoms with van der Waals surface area (Å²) in [6.45, 7) is 2.27. The highest BCUT2D eigenvalue weighted by molar-refractivity contribution is 6.12. The van der Waals surface area contributed by atoms with E-state index in [0.717, 1.165) is 4.90 Å². The molecule has 47 heavy (non-hydrogen) atoms. The van der Waals surface area contributed by atoms with Crippen molar-refractivity contribution in [1.29, 1.82) is 5.26 Å². The summed E-state index contributed by atoms with van der Waals surface area (Å²) in [5.41, 5.74) is 6.30. The molecule has 1 aromatic carbocycles. The standard InChI is InChI=1S/C31H39F2N9O5/c1-18(2)28(46)23(9-6-11-37-30(35)41(3)4)40-25(44)13-24(43)39-22-8-5-7-20-21(10-12-36-27(20)22)29(47)38-16-26(45)42-17-31(32,33)14-19(42)15-34/h5,7-8,10,12,18-19,23H,6,9,11,13-14,16-17H2,1-4H3,(H2,35,37)(H,38,47)(H,39,43)(H,40,44)/t19?,23-/m0/s1. The number of anilines is 1. The molecule has 0 radical (unpaired) electrons. The molecule has 16 heteroatoms. The Hall–Kier alpha value is -5.20. The van der Waals surface area contributed by atoms with E-state index in [1.54, 1.807) is 51.0 Å². The number of carbonyl (C=O) groups is 5. The Kier molecular flexibility index (Phi) is 12.3. The number of fused-ring (bicyclic) bond motifs is 1. The lowest BCUT2D eigenvalue weighted by Crippen LogP contribution is -2.43. The number of hydrogen-bond donors (Lipinski definition) is 4. The minimum absolute atomic E-state index is 0.0898. The molecule has 2 atom stereocenters. The number of likely N-dealkylation sites (tertiary alicyclic amines) is 1. The molecule has 1 aromatic heterocycles. The number of hydrogen-bond acceptors (Lipinski definition) is 8. The van der Waals surface area contributed by atoms with Gasteiger partial charge in [-0.2, -0.15) is 5.26 Å². The topological polar surface area (TPSA) is 203 Å². The maximum atomic E-state index is 13.7. The number of rotatable bonds is 13. The maximum absolute atomic E-state index is 13.7. The van der Waals surface area contributed by atoms with E-state index in [0.29, 0.717) is 30.7 Å². The summed E-state index contributed by atoms with van der Waals surface area (Å²) < 4.78 is 27.5. The number of Topliss-reactive ketones (excluding diaryl/α,β-unsaturated/α-hetero) is 1. The Bertz CT molecular complexity index is 1590. The fraction of sp³-hybridized carbons (Fsp3) is 0.484.